The number of carbonyl (C=O) groups is 2. The molecular formula is C7H11NO2. The van der Waals surface area contributed by atoms with Crippen LogP contribution in [0.3, 0.4) is 0 Å². The van der Waals surface area contributed by atoms with Crippen LogP contribution in [0.25, 0.3) is 0 Å². The molecule has 0 unspecified atom stereocenters. The van der Waals surface area contributed by atoms with Crippen LogP contribution in [-0.2, 0) is 9.59 Å². The molecule has 0 aromatic carbocycles. The first-order valence-corrected chi connectivity index (χ1v) is 3.57. The maximum Gasteiger partial charge on any atom is 0.229 e. The van der Waals surface area contributed by atoms with E-state index in [-0.39, 0.29) is 17.7 Å². The summed E-state index contributed by atoms with van der Waals surface area (Å²) < 4.78 is 0. The minimum atomic E-state index is -0.170. The Morgan fingerprint density at radius 3 is 2.50 bits per heavy atom. The van der Waals surface area contributed by atoms with Crippen molar-refractivity contribution in [1.82, 2.24) is 5.32 Å². The van der Waals surface area contributed by atoms with Crippen molar-refractivity contribution >= 4 is 11.8 Å². The van der Waals surface area contributed by atoms with Crippen LogP contribution in [0.4, 0.5) is 0 Å². The Morgan fingerprint density at radius 2 is 2.10 bits per heavy atom. The van der Waals surface area contributed by atoms with E-state index in [1.165, 1.54) is 0 Å². The van der Waals surface area contributed by atoms with E-state index in [0.29, 0.717) is 6.42 Å². The number of nitrogens with one attached hydrogen (secondary N) is 1. The highest BCUT2D eigenvalue weighted by molar-refractivity contribution is 5.96. The number of hydrogen-bond acceptors (Lipinski definition) is 2. The van der Waals surface area contributed by atoms with Gasteiger partial charge in [0.05, 0.1) is 0 Å². The zero-order chi connectivity index (χ0) is 7.56. The molecule has 2 amide bonds. The summed E-state index contributed by atoms with van der Waals surface area (Å²) in [4.78, 5) is 21.5. The molecule has 10 heavy (non-hydrogen) atoms. The van der Waals surface area contributed by atoms with Crippen molar-refractivity contribution in [3.8, 4) is 0 Å². The van der Waals surface area contributed by atoms with Gasteiger partial charge in [0, 0.05) is 12.3 Å². The fourth-order valence-electron chi connectivity index (χ4n) is 0.673. The van der Waals surface area contributed by atoms with Gasteiger partial charge in [-0.3, -0.25) is 14.9 Å². The zero-order valence-corrected chi connectivity index (χ0v) is 6.02. The fourth-order valence-corrected chi connectivity index (χ4v) is 0.673. The molecule has 1 saturated carbocycles. The number of carbonyl (C=O) groups excluding carboxylic acids is 2. The average Bonchev–Trinajstić information content (AvgIpc) is 2.68. The minimum absolute atomic E-state index is 0.0909. The SMILES string of the molecule is CCC(=O)NC(=O)C1CC1. The Bertz CT molecular complexity index is 161. The van der Waals surface area contributed by atoms with Gasteiger partial charge in [-0.25, -0.2) is 0 Å². The molecule has 1 N–H and O–H groups in total. The third-order valence-corrected chi connectivity index (χ3v) is 1.53. The summed E-state index contributed by atoms with van der Waals surface area (Å²) in [5.74, 6) is -0.126. The van der Waals surface area contributed by atoms with Gasteiger partial charge >= 0.3 is 0 Å². The monoisotopic (exact) mass is 141 g/mol. The number of rotatable bonds is 2. The number of amides is 2. The third kappa shape index (κ3) is 1.83. The summed E-state index contributed by atoms with van der Waals surface area (Å²) in [7, 11) is 0. The maximum atomic E-state index is 10.8. The fraction of sp³-hybridized carbons (Fsp3) is 0.714. The quantitative estimate of drug-likeness (QED) is 0.606. The van der Waals surface area contributed by atoms with E-state index in [2.05, 4.69) is 5.32 Å². The van der Waals surface area contributed by atoms with E-state index in [1.54, 1.807) is 6.92 Å². The summed E-state index contributed by atoms with van der Waals surface area (Å²) in [6, 6.07) is 0. The lowest BCUT2D eigenvalue weighted by Crippen LogP contribution is -2.30. The van der Waals surface area contributed by atoms with Crippen LogP contribution in [0.2, 0.25) is 0 Å². The summed E-state index contributed by atoms with van der Waals surface area (Å²) in [5.41, 5.74) is 0. The lowest BCUT2D eigenvalue weighted by Gasteiger charge is -1.97. The Morgan fingerprint density at radius 1 is 1.50 bits per heavy atom. The Balaban J connectivity index is 2.23. The minimum Gasteiger partial charge on any atom is -0.296 e. The Hall–Kier alpha value is -0.860. The largest absolute Gasteiger partial charge is 0.296 e. The van der Waals surface area contributed by atoms with E-state index < -0.39 is 0 Å². The van der Waals surface area contributed by atoms with E-state index in [0.717, 1.165) is 12.8 Å². The molecule has 0 atom stereocenters. The maximum absolute atomic E-state index is 10.8. The molecule has 0 radical (unpaired) electrons. The van der Waals surface area contributed by atoms with E-state index >= 15 is 0 Å². The van der Waals surface area contributed by atoms with Gasteiger partial charge in [0.1, 0.15) is 0 Å². The van der Waals surface area contributed by atoms with Gasteiger partial charge in [0.2, 0.25) is 11.8 Å². The molecule has 1 aliphatic carbocycles. The first-order valence-electron chi connectivity index (χ1n) is 3.57. The highest BCUT2D eigenvalue weighted by Gasteiger charge is 2.30. The Labute approximate surface area is 59.8 Å². The van der Waals surface area contributed by atoms with Crippen molar-refractivity contribution in [2.24, 2.45) is 5.92 Å². The number of hydrogen-bond donors (Lipinski definition) is 1. The average molecular weight is 141 g/mol. The first-order chi connectivity index (χ1) is 4.74. The van der Waals surface area contributed by atoms with Crippen molar-refractivity contribution in [2.45, 2.75) is 26.2 Å². The molecule has 0 aromatic rings. The van der Waals surface area contributed by atoms with E-state index in [4.69, 9.17) is 0 Å². The van der Waals surface area contributed by atoms with Gasteiger partial charge in [-0.15, -0.1) is 0 Å². The highest BCUT2D eigenvalue weighted by Crippen LogP contribution is 2.28. The van der Waals surface area contributed by atoms with Crippen LogP contribution in [0, 0.1) is 5.92 Å². The predicted octanol–water partition coefficient (Wildman–Crippen LogP) is 0.449. The van der Waals surface area contributed by atoms with Gasteiger partial charge in [-0.05, 0) is 12.8 Å². The molecule has 3 heteroatoms. The van der Waals surface area contributed by atoms with Crippen LogP contribution in [0.1, 0.15) is 26.2 Å². The van der Waals surface area contributed by atoms with Crippen LogP contribution >= 0.6 is 0 Å². The topological polar surface area (TPSA) is 46.2 Å². The molecule has 1 aliphatic rings. The van der Waals surface area contributed by atoms with Gasteiger partial charge in [0.15, 0.2) is 0 Å². The predicted molar refractivity (Wildman–Crippen MR) is 36.2 cm³/mol. The summed E-state index contributed by atoms with van der Waals surface area (Å²) in [5, 5.41) is 2.31. The van der Waals surface area contributed by atoms with Crippen molar-refractivity contribution in [3.05, 3.63) is 0 Å². The molecule has 0 bridgehead atoms. The van der Waals surface area contributed by atoms with Gasteiger partial charge in [-0.2, -0.15) is 0 Å². The number of imide groups is 1. The molecule has 0 spiro atoms. The van der Waals surface area contributed by atoms with Crippen LogP contribution < -0.4 is 5.32 Å². The van der Waals surface area contributed by atoms with Crippen LogP contribution in [0.5, 0.6) is 0 Å². The summed E-state index contributed by atoms with van der Waals surface area (Å²) >= 11 is 0. The smallest absolute Gasteiger partial charge is 0.229 e. The second kappa shape index (κ2) is 2.82. The molecule has 1 rings (SSSR count). The third-order valence-electron chi connectivity index (χ3n) is 1.53. The summed E-state index contributed by atoms with van der Waals surface area (Å²) in [6.45, 7) is 1.73. The van der Waals surface area contributed by atoms with Crippen LogP contribution in [-0.4, -0.2) is 11.8 Å². The van der Waals surface area contributed by atoms with Gasteiger partial charge in [-0.1, -0.05) is 6.92 Å². The Kier molecular flexibility index (Phi) is 2.04. The van der Waals surface area contributed by atoms with E-state index in [9.17, 15) is 9.59 Å². The molecule has 3 nitrogen and oxygen atoms in total. The van der Waals surface area contributed by atoms with Gasteiger partial charge in [0.25, 0.3) is 0 Å². The highest BCUT2D eigenvalue weighted by atomic mass is 16.2. The molecule has 1 fully saturated rings. The van der Waals surface area contributed by atoms with Gasteiger partial charge < -0.3 is 0 Å². The summed E-state index contributed by atoms with van der Waals surface area (Å²) in [6.07, 6.45) is 2.28. The molecule has 56 valence electrons. The second-order valence-electron chi connectivity index (χ2n) is 2.54. The molecule has 0 aliphatic heterocycles. The lowest BCUT2D eigenvalue weighted by molar-refractivity contribution is -0.130. The van der Waals surface area contributed by atoms with Crippen molar-refractivity contribution < 1.29 is 9.59 Å². The molecule has 0 saturated heterocycles. The molecule has 0 aromatic heterocycles. The first kappa shape index (κ1) is 7.25. The zero-order valence-electron chi connectivity index (χ0n) is 6.02. The lowest BCUT2D eigenvalue weighted by atomic mass is 10.3. The van der Waals surface area contributed by atoms with Crippen molar-refractivity contribution in [2.75, 3.05) is 0 Å². The standard InChI is InChI=1S/C7H11NO2/c1-2-6(9)8-7(10)5-3-4-5/h5H,2-4H2,1H3,(H,8,9,10). The van der Waals surface area contributed by atoms with Crippen LogP contribution in [0.15, 0.2) is 0 Å². The second-order valence-corrected chi connectivity index (χ2v) is 2.54. The van der Waals surface area contributed by atoms with E-state index in [1.807, 2.05) is 0 Å². The molecule has 0 heterocycles. The van der Waals surface area contributed by atoms with Crippen molar-refractivity contribution in [3.63, 3.8) is 0 Å². The van der Waals surface area contributed by atoms with Crippen molar-refractivity contribution in [1.29, 1.82) is 0 Å². The normalized spacial score (nSPS) is 16.5. The molecular weight excluding hydrogens is 130 g/mol.